The fraction of sp³-hybridized carbons (Fsp3) is 0.350. The van der Waals surface area contributed by atoms with E-state index in [1.165, 1.54) is 19.2 Å². The molecule has 26 heavy (non-hydrogen) atoms. The summed E-state index contributed by atoms with van der Waals surface area (Å²) in [7, 11) is 1.31. The number of esters is 1. The van der Waals surface area contributed by atoms with E-state index in [-0.39, 0.29) is 6.04 Å². The summed E-state index contributed by atoms with van der Waals surface area (Å²) < 4.78 is 30.0. The van der Waals surface area contributed by atoms with Crippen LogP contribution in [-0.2, 0) is 9.53 Å². The minimum absolute atomic E-state index is 0.300. The van der Waals surface area contributed by atoms with Crippen molar-refractivity contribution in [2.24, 2.45) is 5.73 Å². The first-order valence-electron chi connectivity index (χ1n) is 8.24. The molecule has 2 aromatic carbocycles. The van der Waals surface area contributed by atoms with Crippen molar-refractivity contribution in [3.05, 3.63) is 53.3 Å². The maximum Gasteiger partial charge on any atom is 0.349 e. The molecule has 0 heterocycles. The average Bonchev–Trinajstić information content (AvgIpc) is 2.55. The van der Waals surface area contributed by atoms with Crippen LogP contribution < -0.4 is 15.2 Å². The zero-order valence-electron chi connectivity index (χ0n) is 15.6. The minimum Gasteiger partial charge on any atom is -0.476 e. The summed E-state index contributed by atoms with van der Waals surface area (Å²) >= 11 is 0. The zero-order valence-corrected chi connectivity index (χ0v) is 15.6. The number of hydrogen-bond acceptors (Lipinski definition) is 5. The highest BCUT2D eigenvalue weighted by atomic mass is 19.1. The van der Waals surface area contributed by atoms with Gasteiger partial charge in [-0.1, -0.05) is 0 Å². The smallest absolute Gasteiger partial charge is 0.349 e. The predicted molar refractivity (Wildman–Crippen MR) is 97.0 cm³/mol. The number of ether oxygens (including phenoxy) is 3. The van der Waals surface area contributed by atoms with E-state index in [0.29, 0.717) is 22.8 Å². The van der Waals surface area contributed by atoms with E-state index in [4.69, 9.17) is 19.9 Å². The normalized spacial score (nSPS) is 12.4. The number of methoxy groups -OCH3 is 1. The summed E-state index contributed by atoms with van der Waals surface area (Å²) in [6.07, 6.45) is 0. The van der Waals surface area contributed by atoms with Gasteiger partial charge in [-0.3, -0.25) is 0 Å². The molecular weight excluding hydrogens is 337 g/mol. The summed E-state index contributed by atoms with van der Waals surface area (Å²) in [6.45, 7) is 6.86. The van der Waals surface area contributed by atoms with Gasteiger partial charge < -0.3 is 19.9 Å². The van der Waals surface area contributed by atoms with Crippen molar-refractivity contribution in [1.82, 2.24) is 0 Å². The molecule has 0 saturated heterocycles. The van der Waals surface area contributed by atoms with Gasteiger partial charge in [0.2, 0.25) is 0 Å². The molecule has 0 radical (unpaired) electrons. The van der Waals surface area contributed by atoms with Crippen LogP contribution in [0.1, 0.15) is 37.9 Å². The topological polar surface area (TPSA) is 70.8 Å². The molecule has 0 bridgehead atoms. The standard InChI is InChI=1S/C20H24FNO4/c1-12-8-16(6-7-18(12)26-20(3,4)19(23)24-5)25-17-10-14(13(2)22)9-15(21)11-17/h6-11,13H,22H2,1-5H3/t13-/m0/s1. The lowest BCUT2D eigenvalue weighted by Crippen LogP contribution is -2.39. The minimum atomic E-state index is -1.11. The second-order valence-corrected chi connectivity index (χ2v) is 6.64. The molecule has 140 valence electrons. The number of benzene rings is 2. The van der Waals surface area contributed by atoms with Crippen molar-refractivity contribution in [1.29, 1.82) is 0 Å². The highest BCUT2D eigenvalue weighted by Crippen LogP contribution is 2.31. The maximum absolute atomic E-state index is 13.7. The molecule has 6 heteroatoms. The number of rotatable bonds is 6. The van der Waals surface area contributed by atoms with E-state index in [9.17, 15) is 9.18 Å². The van der Waals surface area contributed by atoms with Crippen LogP contribution in [0.3, 0.4) is 0 Å². The Morgan fingerprint density at radius 3 is 2.42 bits per heavy atom. The van der Waals surface area contributed by atoms with Gasteiger partial charge in [-0.05, 0) is 69.2 Å². The molecule has 0 amide bonds. The molecule has 2 N–H and O–H groups in total. The number of halogens is 1. The van der Waals surface area contributed by atoms with E-state index >= 15 is 0 Å². The Morgan fingerprint density at radius 2 is 1.85 bits per heavy atom. The molecule has 5 nitrogen and oxygen atoms in total. The van der Waals surface area contributed by atoms with Crippen LogP contribution in [0, 0.1) is 12.7 Å². The lowest BCUT2D eigenvalue weighted by Gasteiger charge is -2.24. The first-order chi connectivity index (χ1) is 12.1. The summed E-state index contributed by atoms with van der Waals surface area (Å²) in [4.78, 5) is 11.8. The molecule has 0 aliphatic carbocycles. The third-order valence-corrected chi connectivity index (χ3v) is 3.84. The predicted octanol–water partition coefficient (Wildman–Crippen LogP) is 4.28. The van der Waals surface area contributed by atoms with E-state index in [1.54, 1.807) is 45.0 Å². The Balaban J connectivity index is 2.21. The Bertz CT molecular complexity index is 802. The van der Waals surface area contributed by atoms with Crippen LogP contribution in [0.5, 0.6) is 17.2 Å². The second kappa shape index (κ2) is 7.74. The molecule has 0 aromatic heterocycles. The molecule has 0 aliphatic rings. The zero-order chi connectivity index (χ0) is 19.5. The van der Waals surface area contributed by atoms with Crippen LogP contribution in [0.4, 0.5) is 4.39 Å². The number of hydrogen-bond donors (Lipinski definition) is 1. The van der Waals surface area contributed by atoms with Gasteiger partial charge in [0.15, 0.2) is 5.60 Å². The van der Waals surface area contributed by atoms with Gasteiger partial charge in [0.1, 0.15) is 23.1 Å². The van der Waals surface area contributed by atoms with Gasteiger partial charge in [-0.2, -0.15) is 0 Å². The third kappa shape index (κ3) is 4.73. The molecule has 0 spiro atoms. The van der Waals surface area contributed by atoms with Crippen molar-refractivity contribution in [2.75, 3.05) is 7.11 Å². The second-order valence-electron chi connectivity index (χ2n) is 6.64. The molecule has 0 saturated carbocycles. The summed E-state index contributed by atoms with van der Waals surface area (Å²) in [5.74, 6) is 0.530. The first kappa shape index (κ1) is 19.7. The quantitative estimate of drug-likeness (QED) is 0.778. The van der Waals surface area contributed by atoms with Gasteiger partial charge in [0.05, 0.1) is 7.11 Å². The largest absolute Gasteiger partial charge is 0.476 e. The van der Waals surface area contributed by atoms with Crippen LogP contribution in [0.2, 0.25) is 0 Å². The number of carbonyl (C=O) groups excluding carboxylic acids is 1. The first-order valence-corrected chi connectivity index (χ1v) is 8.24. The van der Waals surface area contributed by atoms with Crippen molar-refractivity contribution in [3.8, 4) is 17.2 Å². The highest BCUT2D eigenvalue weighted by Gasteiger charge is 2.31. The summed E-state index contributed by atoms with van der Waals surface area (Å²) in [5.41, 5.74) is 6.11. The van der Waals surface area contributed by atoms with Crippen molar-refractivity contribution < 1.29 is 23.4 Å². The van der Waals surface area contributed by atoms with E-state index < -0.39 is 17.4 Å². The lowest BCUT2D eigenvalue weighted by atomic mass is 10.1. The van der Waals surface area contributed by atoms with E-state index in [1.807, 2.05) is 6.92 Å². The molecule has 0 aliphatic heterocycles. The van der Waals surface area contributed by atoms with E-state index in [0.717, 1.165) is 5.56 Å². The van der Waals surface area contributed by atoms with Gasteiger partial charge >= 0.3 is 5.97 Å². The Labute approximate surface area is 152 Å². The average molecular weight is 361 g/mol. The van der Waals surface area contributed by atoms with Crippen molar-refractivity contribution in [3.63, 3.8) is 0 Å². The Hall–Kier alpha value is -2.60. The maximum atomic E-state index is 13.7. The van der Waals surface area contributed by atoms with Gasteiger partial charge in [-0.15, -0.1) is 0 Å². The Morgan fingerprint density at radius 1 is 1.15 bits per heavy atom. The fourth-order valence-corrected chi connectivity index (χ4v) is 2.40. The van der Waals surface area contributed by atoms with Crippen LogP contribution in [-0.4, -0.2) is 18.7 Å². The van der Waals surface area contributed by atoms with Crippen LogP contribution >= 0.6 is 0 Å². The van der Waals surface area contributed by atoms with Crippen molar-refractivity contribution in [2.45, 2.75) is 39.3 Å². The molecular formula is C20H24FNO4. The fourth-order valence-electron chi connectivity index (χ4n) is 2.40. The lowest BCUT2D eigenvalue weighted by molar-refractivity contribution is -0.156. The third-order valence-electron chi connectivity index (χ3n) is 3.84. The molecule has 0 unspecified atom stereocenters. The van der Waals surface area contributed by atoms with Crippen molar-refractivity contribution >= 4 is 5.97 Å². The Kier molecular flexibility index (Phi) is 5.87. The molecule has 2 rings (SSSR count). The van der Waals surface area contributed by atoms with Gasteiger partial charge in [0, 0.05) is 12.1 Å². The van der Waals surface area contributed by atoms with Gasteiger partial charge in [-0.25, -0.2) is 9.18 Å². The number of nitrogens with two attached hydrogens (primary N) is 1. The molecule has 2 aromatic rings. The summed E-state index contributed by atoms with van der Waals surface area (Å²) in [5, 5.41) is 0. The van der Waals surface area contributed by atoms with Crippen LogP contribution in [0.15, 0.2) is 36.4 Å². The van der Waals surface area contributed by atoms with Crippen LogP contribution in [0.25, 0.3) is 0 Å². The number of aryl methyl sites for hydroxylation is 1. The SMILES string of the molecule is COC(=O)C(C)(C)Oc1ccc(Oc2cc(F)cc([C@H](C)N)c2)cc1C. The van der Waals surface area contributed by atoms with Gasteiger partial charge in [0.25, 0.3) is 0 Å². The monoisotopic (exact) mass is 361 g/mol. The number of carbonyl (C=O) groups is 1. The molecule has 0 fully saturated rings. The summed E-state index contributed by atoms with van der Waals surface area (Å²) in [6, 6.07) is 9.21. The molecule has 1 atom stereocenters. The van der Waals surface area contributed by atoms with E-state index in [2.05, 4.69) is 0 Å². The highest BCUT2D eigenvalue weighted by molar-refractivity contribution is 5.78.